The van der Waals surface area contributed by atoms with Gasteiger partial charge in [-0.25, -0.2) is 17.9 Å². The van der Waals surface area contributed by atoms with Crippen LogP contribution < -0.4 is 10.0 Å². The van der Waals surface area contributed by atoms with E-state index in [1.54, 1.807) is 47.4 Å². The molecule has 0 bridgehead atoms. The van der Waals surface area contributed by atoms with Crippen molar-refractivity contribution in [1.29, 1.82) is 0 Å². The van der Waals surface area contributed by atoms with Crippen molar-refractivity contribution in [2.24, 2.45) is 0 Å². The molecule has 2 aliphatic rings. The highest BCUT2D eigenvalue weighted by atomic mass is 35.5. The number of nitrogens with one attached hydrogen (secondary N) is 2. The van der Waals surface area contributed by atoms with Gasteiger partial charge in [0.05, 0.1) is 53.0 Å². The predicted molar refractivity (Wildman–Crippen MR) is 142 cm³/mol. The highest BCUT2D eigenvalue weighted by Crippen LogP contribution is 2.32. The van der Waals surface area contributed by atoms with Crippen LogP contribution in [0, 0.1) is 0 Å². The van der Waals surface area contributed by atoms with Crippen LogP contribution in [0.4, 0.5) is 5.69 Å². The second-order valence-corrected chi connectivity index (χ2v) is 12.4. The number of anilines is 1. The van der Waals surface area contributed by atoms with Gasteiger partial charge in [-0.2, -0.15) is 5.10 Å². The van der Waals surface area contributed by atoms with Crippen LogP contribution in [0.2, 0.25) is 5.02 Å². The van der Waals surface area contributed by atoms with E-state index < -0.39 is 28.1 Å². The molecule has 0 radical (unpaired) electrons. The van der Waals surface area contributed by atoms with Gasteiger partial charge in [0.15, 0.2) is 5.01 Å². The van der Waals surface area contributed by atoms with Crippen molar-refractivity contribution in [1.82, 2.24) is 24.9 Å². The van der Waals surface area contributed by atoms with Crippen LogP contribution in [0.5, 0.6) is 0 Å². The zero-order valence-corrected chi connectivity index (χ0v) is 22.3. The third-order valence-electron chi connectivity index (χ3n) is 6.27. The number of thiazole rings is 1. The number of sulfonamides is 1. The van der Waals surface area contributed by atoms with Gasteiger partial charge in [-0.15, -0.1) is 11.3 Å². The molecule has 2 N–H and O–H groups in total. The summed E-state index contributed by atoms with van der Waals surface area (Å²) in [7, 11) is -3.46. The van der Waals surface area contributed by atoms with E-state index >= 15 is 0 Å². The molecule has 5 heterocycles. The smallest absolute Gasteiger partial charge is 0.280 e. The second-order valence-electron chi connectivity index (χ2n) is 9.01. The molecule has 1 saturated carbocycles. The van der Waals surface area contributed by atoms with Gasteiger partial charge in [0.2, 0.25) is 10.0 Å². The molecular weight excluding hydrogens is 552 g/mol. The lowest BCUT2D eigenvalue weighted by atomic mass is 10.1. The van der Waals surface area contributed by atoms with E-state index in [9.17, 15) is 13.2 Å². The number of rotatable bonds is 8. The fourth-order valence-electron chi connectivity index (χ4n) is 4.21. The van der Waals surface area contributed by atoms with Crippen molar-refractivity contribution in [3.05, 3.63) is 64.8 Å². The third-order valence-corrected chi connectivity index (χ3v) is 9.41. The van der Waals surface area contributed by atoms with Crippen molar-refractivity contribution in [3.8, 4) is 10.4 Å². The molecule has 4 aromatic heterocycles. The van der Waals surface area contributed by atoms with Crippen molar-refractivity contribution in [2.75, 3.05) is 24.5 Å². The number of ether oxygens (including phenoxy) is 2. The molecule has 2 atom stereocenters. The average molecular weight is 575 g/mol. The topological polar surface area (TPSA) is 137 Å². The van der Waals surface area contributed by atoms with Crippen LogP contribution in [0.3, 0.4) is 0 Å². The maximum absolute atomic E-state index is 13.3. The van der Waals surface area contributed by atoms with E-state index in [0.29, 0.717) is 42.5 Å². The Morgan fingerprint density at radius 3 is 2.84 bits per heavy atom. The summed E-state index contributed by atoms with van der Waals surface area (Å²) in [5.41, 5.74) is 2.43. The standard InChI is InChI=1S/C24H23ClN6O5S2/c25-14-4-6-31-19(9-14)17(11-28-31)21-12-27-24(37-21)23(32)29-22(20-13-35-7-8-36-20)18-10-15(3-5-26-18)30-38(33,34)16-1-2-16/h3-6,9-12,16,20,22H,1-2,7-8,13H2,(H,26,30)(H,29,32)/t20-,22+/m1/s1. The Morgan fingerprint density at radius 1 is 1.18 bits per heavy atom. The minimum Gasteiger partial charge on any atom is -0.376 e. The summed E-state index contributed by atoms with van der Waals surface area (Å²) in [6, 6.07) is 6.04. The molecule has 1 aliphatic carbocycles. The fraction of sp³-hybridized carbons (Fsp3) is 0.333. The first-order valence-electron chi connectivity index (χ1n) is 11.9. The third kappa shape index (κ3) is 5.24. The molecule has 14 heteroatoms. The van der Waals surface area contributed by atoms with E-state index in [0.717, 1.165) is 16.0 Å². The van der Waals surface area contributed by atoms with Crippen molar-refractivity contribution in [3.63, 3.8) is 0 Å². The lowest BCUT2D eigenvalue weighted by Crippen LogP contribution is -2.43. The Morgan fingerprint density at radius 2 is 2.05 bits per heavy atom. The second kappa shape index (κ2) is 10.2. The Balaban J connectivity index is 1.26. The fourth-order valence-corrected chi connectivity index (χ4v) is 6.59. The van der Waals surface area contributed by atoms with E-state index in [2.05, 4.69) is 25.1 Å². The van der Waals surface area contributed by atoms with E-state index in [1.165, 1.54) is 17.5 Å². The van der Waals surface area contributed by atoms with Gasteiger partial charge in [0.25, 0.3) is 5.91 Å². The molecule has 1 saturated heterocycles. The van der Waals surface area contributed by atoms with Crippen LogP contribution in [0.25, 0.3) is 16.0 Å². The first kappa shape index (κ1) is 25.2. The number of aromatic nitrogens is 4. The van der Waals surface area contributed by atoms with Crippen LogP contribution in [0.15, 0.2) is 49.1 Å². The number of hydrogen-bond donors (Lipinski definition) is 2. The van der Waals surface area contributed by atoms with Gasteiger partial charge < -0.3 is 14.8 Å². The Kier molecular flexibility index (Phi) is 6.78. The largest absolute Gasteiger partial charge is 0.376 e. The Labute approximate surface area is 227 Å². The molecule has 2 fully saturated rings. The molecule has 11 nitrogen and oxygen atoms in total. The molecule has 0 aromatic carbocycles. The number of pyridine rings is 2. The normalized spacial score (nSPS) is 18.8. The van der Waals surface area contributed by atoms with Crippen molar-refractivity contribution >= 4 is 50.1 Å². The van der Waals surface area contributed by atoms with Gasteiger partial charge in [0.1, 0.15) is 12.1 Å². The molecule has 1 aliphatic heterocycles. The lowest BCUT2D eigenvalue weighted by Gasteiger charge is -2.30. The number of nitrogens with zero attached hydrogens (tertiary/aromatic N) is 4. The zero-order valence-electron chi connectivity index (χ0n) is 19.9. The van der Waals surface area contributed by atoms with Gasteiger partial charge in [-0.3, -0.25) is 14.5 Å². The predicted octanol–water partition coefficient (Wildman–Crippen LogP) is 3.30. The maximum atomic E-state index is 13.3. The summed E-state index contributed by atoms with van der Waals surface area (Å²) in [4.78, 5) is 22.9. The SMILES string of the molecule is O=C(N[C@@H](c1cc(NS(=O)(=O)C2CC2)ccn1)[C@H]1COCCO1)c1ncc(-c2cnn3ccc(Cl)cc23)s1. The summed E-state index contributed by atoms with van der Waals surface area (Å²) >= 11 is 7.38. The van der Waals surface area contributed by atoms with E-state index in [4.69, 9.17) is 21.1 Å². The van der Waals surface area contributed by atoms with Crippen molar-refractivity contribution in [2.45, 2.75) is 30.2 Å². The first-order valence-corrected chi connectivity index (χ1v) is 14.7. The number of carbonyl (C=O) groups excluding carboxylic acids is 1. The molecule has 4 aromatic rings. The molecule has 0 spiro atoms. The zero-order chi connectivity index (χ0) is 26.3. The quantitative estimate of drug-likeness (QED) is 0.327. The number of halogens is 1. The Hall–Kier alpha value is -3.10. The van der Waals surface area contributed by atoms with Gasteiger partial charge >= 0.3 is 0 Å². The summed E-state index contributed by atoms with van der Waals surface area (Å²) in [6.07, 6.45) is 7.37. The minimum absolute atomic E-state index is 0.244. The summed E-state index contributed by atoms with van der Waals surface area (Å²) in [6.45, 7) is 1.06. The van der Waals surface area contributed by atoms with Gasteiger partial charge in [-0.1, -0.05) is 11.6 Å². The van der Waals surface area contributed by atoms with E-state index in [1.807, 2.05) is 0 Å². The van der Waals surface area contributed by atoms with Crippen LogP contribution >= 0.6 is 22.9 Å². The highest BCUT2D eigenvalue weighted by Gasteiger charge is 2.36. The average Bonchev–Trinajstić information content (AvgIpc) is 3.54. The first-order chi connectivity index (χ1) is 18.4. The molecular formula is C24H23ClN6O5S2. The summed E-state index contributed by atoms with van der Waals surface area (Å²) in [5.74, 6) is -0.416. The lowest BCUT2D eigenvalue weighted by molar-refractivity contribution is -0.101. The molecule has 198 valence electrons. The van der Waals surface area contributed by atoms with Crippen LogP contribution in [-0.4, -0.2) is 65.1 Å². The van der Waals surface area contributed by atoms with E-state index in [-0.39, 0.29) is 16.9 Å². The maximum Gasteiger partial charge on any atom is 0.280 e. The minimum atomic E-state index is -3.46. The molecule has 0 unspecified atom stereocenters. The molecule has 38 heavy (non-hydrogen) atoms. The van der Waals surface area contributed by atoms with Crippen LogP contribution in [0.1, 0.15) is 34.4 Å². The van der Waals surface area contributed by atoms with Gasteiger partial charge in [0, 0.05) is 29.2 Å². The number of carbonyl (C=O) groups is 1. The summed E-state index contributed by atoms with van der Waals surface area (Å²) in [5, 5.41) is 7.76. The van der Waals surface area contributed by atoms with Gasteiger partial charge in [-0.05, 0) is 37.1 Å². The monoisotopic (exact) mass is 574 g/mol. The molecule has 6 rings (SSSR count). The number of fused-ring (bicyclic) bond motifs is 1. The Bertz CT molecular complexity index is 1600. The highest BCUT2D eigenvalue weighted by molar-refractivity contribution is 7.93. The summed E-state index contributed by atoms with van der Waals surface area (Å²) < 4.78 is 40.7. The number of hydrogen-bond acceptors (Lipinski definition) is 9. The molecule has 1 amide bonds. The van der Waals surface area contributed by atoms with Crippen LogP contribution in [-0.2, 0) is 19.5 Å². The number of amides is 1. The van der Waals surface area contributed by atoms with Crippen molar-refractivity contribution < 1.29 is 22.7 Å².